The summed E-state index contributed by atoms with van der Waals surface area (Å²) < 4.78 is 39.6. The Balaban J connectivity index is 1.82. The van der Waals surface area contributed by atoms with Gasteiger partial charge in [-0.3, -0.25) is 4.79 Å². The van der Waals surface area contributed by atoms with Crippen molar-refractivity contribution in [1.82, 2.24) is 4.72 Å². The van der Waals surface area contributed by atoms with E-state index in [2.05, 4.69) is 10.0 Å². The van der Waals surface area contributed by atoms with E-state index in [4.69, 9.17) is 0 Å². The first kappa shape index (κ1) is 19.8. The van der Waals surface area contributed by atoms with Crippen LogP contribution in [0.2, 0.25) is 0 Å². The Hall–Kier alpha value is -2.51. The van der Waals surface area contributed by atoms with Crippen LogP contribution in [0.5, 0.6) is 0 Å². The molecule has 0 bridgehead atoms. The second-order valence-electron chi connectivity index (χ2n) is 5.91. The van der Waals surface area contributed by atoms with Crippen molar-refractivity contribution < 1.29 is 17.6 Å². The van der Waals surface area contributed by atoms with Gasteiger partial charge in [0.1, 0.15) is 5.82 Å². The maximum absolute atomic E-state index is 13.4. The Morgan fingerprint density at radius 2 is 1.81 bits per heavy atom. The fraction of sp³-hybridized carbons (Fsp3) is 0.211. The summed E-state index contributed by atoms with van der Waals surface area (Å²) >= 11 is 0. The lowest BCUT2D eigenvalue weighted by Gasteiger charge is -2.07. The quantitative estimate of drug-likeness (QED) is 0.778. The molecule has 0 aromatic heterocycles. The molecule has 0 fully saturated rings. The molecule has 0 heterocycles. The first-order valence-corrected chi connectivity index (χ1v) is 9.60. The van der Waals surface area contributed by atoms with E-state index < -0.39 is 21.7 Å². The van der Waals surface area contributed by atoms with Crippen LogP contribution in [0.1, 0.15) is 23.1 Å². The van der Waals surface area contributed by atoms with E-state index in [-0.39, 0.29) is 13.0 Å². The molecule has 0 unspecified atom stereocenters. The van der Waals surface area contributed by atoms with E-state index in [1.54, 1.807) is 19.1 Å². The first-order chi connectivity index (χ1) is 12.2. The van der Waals surface area contributed by atoms with Gasteiger partial charge in [0.2, 0.25) is 15.9 Å². The van der Waals surface area contributed by atoms with E-state index >= 15 is 0 Å². The van der Waals surface area contributed by atoms with Gasteiger partial charge in [-0.15, -0.1) is 0 Å². The van der Waals surface area contributed by atoms with Gasteiger partial charge in [0, 0.05) is 24.1 Å². The molecule has 2 aromatic carbocycles. The third-order valence-electron chi connectivity index (χ3n) is 3.63. The highest BCUT2D eigenvalue weighted by Crippen LogP contribution is 2.13. The maximum Gasteiger partial charge on any atom is 0.233 e. The van der Waals surface area contributed by atoms with Crippen molar-refractivity contribution in [1.29, 1.82) is 0 Å². The molecular weight excluding hydrogens is 355 g/mol. The van der Waals surface area contributed by atoms with Crippen molar-refractivity contribution >= 4 is 27.7 Å². The Labute approximate surface area is 153 Å². The number of nitrogens with one attached hydrogen (secondary N) is 2. The first-order valence-electron chi connectivity index (χ1n) is 8.05. The van der Waals surface area contributed by atoms with Crippen LogP contribution in [-0.4, -0.2) is 20.9 Å². The molecule has 0 aliphatic rings. The van der Waals surface area contributed by atoms with Gasteiger partial charge < -0.3 is 5.32 Å². The molecule has 138 valence electrons. The number of amides is 1. The van der Waals surface area contributed by atoms with Crippen molar-refractivity contribution in [3.8, 4) is 0 Å². The minimum absolute atomic E-state index is 0.0548. The highest BCUT2D eigenvalue weighted by molar-refractivity contribution is 7.92. The third kappa shape index (κ3) is 6.42. The lowest BCUT2D eigenvalue weighted by atomic mass is 10.2. The Kier molecular flexibility index (Phi) is 6.65. The number of hydrogen-bond donors (Lipinski definition) is 2. The van der Waals surface area contributed by atoms with Gasteiger partial charge in [-0.2, -0.15) is 0 Å². The number of hydrogen-bond acceptors (Lipinski definition) is 3. The highest BCUT2D eigenvalue weighted by atomic mass is 32.2. The average molecular weight is 376 g/mol. The van der Waals surface area contributed by atoms with Gasteiger partial charge in [0.15, 0.2) is 0 Å². The summed E-state index contributed by atoms with van der Waals surface area (Å²) in [5.74, 6) is -0.816. The lowest BCUT2D eigenvalue weighted by molar-refractivity contribution is -0.116. The van der Waals surface area contributed by atoms with Crippen molar-refractivity contribution in [3.63, 3.8) is 0 Å². The van der Waals surface area contributed by atoms with E-state index in [0.717, 1.165) is 16.5 Å². The number of rotatable bonds is 7. The van der Waals surface area contributed by atoms with Crippen LogP contribution in [-0.2, 0) is 14.8 Å². The van der Waals surface area contributed by atoms with Crippen LogP contribution in [0.25, 0.3) is 6.08 Å². The minimum Gasteiger partial charge on any atom is -0.326 e. The Morgan fingerprint density at radius 3 is 2.46 bits per heavy atom. The van der Waals surface area contributed by atoms with Gasteiger partial charge >= 0.3 is 0 Å². The Morgan fingerprint density at radius 1 is 1.12 bits per heavy atom. The molecule has 5 nitrogen and oxygen atoms in total. The van der Waals surface area contributed by atoms with E-state index in [1.165, 1.54) is 12.1 Å². The molecule has 0 radical (unpaired) electrons. The summed E-state index contributed by atoms with van der Waals surface area (Å²) in [5, 5.41) is 3.59. The van der Waals surface area contributed by atoms with Crippen molar-refractivity contribution in [2.45, 2.75) is 20.3 Å². The molecule has 2 rings (SSSR count). The topological polar surface area (TPSA) is 75.3 Å². The molecule has 0 aliphatic heterocycles. The van der Waals surface area contributed by atoms with Crippen LogP contribution in [0.15, 0.2) is 47.9 Å². The molecule has 26 heavy (non-hydrogen) atoms. The minimum atomic E-state index is -3.64. The van der Waals surface area contributed by atoms with Gasteiger partial charge in [-0.1, -0.05) is 35.9 Å². The number of carbonyl (C=O) groups is 1. The number of benzene rings is 2. The summed E-state index contributed by atoms with van der Waals surface area (Å²) in [4.78, 5) is 11.8. The number of anilines is 1. The summed E-state index contributed by atoms with van der Waals surface area (Å²) in [6, 6.07) is 11.8. The number of carbonyl (C=O) groups excluding carboxylic acids is 1. The van der Waals surface area contributed by atoms with Crippen LogP contribution >= 0.6 is 0 Å². The molecule has 0 atom stereocenters. The standard InChI is InChI=1S/C19H21FN2O3S/c1-14-3-6-16(7-4-14)10-12-26(24,25)21-11-9-19(23)22-17-8-5-15(2)18(20)13-17/h3-8,10,12-13,21H,9,11H2,1-2H3,(H,22,23)/b12-10+. The second kappa shape index (κ2) is 8.73. The SMILES string of the molecule is Cc1ccc(/C=C/S(=O)(=O)NCCC(=O)Nc2ccc(C)c(F)c2)cc1. The van der Waals surface area contributed by atoms with Crippen molar-refractivity contribution in [3.05, 3.63) is 70.4 Å². The van der Waals surface area contributed by atoms with Crippen molar-refractivity contribution in [2.24, 2.45) is 0 Å². The summed E-state index contributed by atoms with van der Waals surface area (Å²) in [6.07, 6.45) is 1.42. The van der Waals surface area contributed by atoms with Gasteiger partial charge in [-0.05, 0) is 43.2 Å². The van der Waals surface area contributed by atoms with Gasteiger partial charge in [-0.25, -0.2) is 17.5 Å². The molecule has 2 N–H and O–H groups in total. The number of sulfonamides is 1. The molecule has 2 aromatic rings. The van der Waals surface area contributed by atoms with Crippen LogP contribution in [0, 0.1) is 19.7 Å². The van der Waals surface area contributed by atoms with E-state index in [1.807, 2.05) is 31.2 Å². The highest BCUT2D eigenvalue weighted by Gasteiger charge is 2.08. The third-order valence-corrected chi connectivity index (χ3v) is 4.73. The average Bonchev–Trinajstić information content (AvgIpc) is 2.57. The molecule has 0 spiro atoms. The lowest BCUT2D eigenvalue weighted by Crippen LogP contribution is -2.26. The molecule has 0 aliphatic carbocycles. The van der Waals surface area contributed by atoms with Crippen molar-refractivity contribution in [2.75, 3.05) is 11.9 Å². The predicted octanol–water partition coefficient (Wildman–Crippen LogP) is 3.36. The number of halogens is 1. The Bertz CT molecular complexity index is 907. The zero-order chi connectivity index (χ0) is 19.2. The predicted molar refractivity (Wildman–Crippen MR) is 102 cm³/mol. The fourth-order valence-corrected chi connectivity index (χ4v) is 2.91. The van der Waals surface area contributed by atoms with Gasteiger partial charge in [0.25, 0.3) is 0 Å². The van der Waals surface area contributed by atoms with Crippen LogP contribution in [0.4, 0.5) is 10.1 Å². The molecular formula is C19H21FN2O3S. The number of aryl methyl sites for hydroxylation is 2. The second-order valence-corrected chi connectivity index (χ2v) is 7.57. The van der Waals surface area contributed by atoms with E-state index in [9.17, 15) is 17.6 Å². The fourth-order valence-electron chi connectivity index (χ4n) is 2.09. The summed E-state index contributed by atoms with van der Waals surface area (Å²) in [7, 11) is -3.64. The molecule has 0 saturated heterocycles. The normalized spacial score (nSPS) is 11.7. The van der Waals surface area contributed by atoms with E-state index in [0.29, 0.717) is 11.3 Å². The molecule has 7 heteroatoms. The summed E-state index contributed by atoms with van der Waals surface area (Å²) in [5.41, 5.74) is 2.67. The zero-order valence-corrected chi connectivity index (χ0v) is 15.4. The monoisotopic (exact) mass is 376 g/mol. The maximum atomic E-state index is 13.4. The summed E-state index contributed by atoms with van der Waals surface area (Å²) in [6.45, 7) is 3.52. The zero-order valence-electron chi connectivity index (χ0n) is 14.6. The van der Waals surface area contributed by atoms with Crippen LogP contribution in [0.3, 0.4) is 0 Å². The van der Waals surface area contributed by atoms with Gasteiger partial charge in [0.05, 0.1) is 0 Å². The largest absolute Gasteiger partial charge is 0.326 e. The smallest absolute Gasteiger partial charge is 0.233 e. The molecule has 0 saturated carbocycles. The molecule has 1 amide bonds. The van der Waals surface area contributed by atoms with Crippen LogP contribution < -0.4 is 10.0 Å².